The second-order valence-electron chi connectivity index (χ2n) is 5.48. The number of carbonyl (C=O) groups excluding carboxylic acids is 1. The highest BCUT2D eigenvalue weighted by Crippen LogP contribution is 2.38. The number of carbonyl (C=O) groups is 1. The third-order valence-corrected chi connectivity index (χ3v) is 5.16. The summed E-state index contributed by atoms with van der Waals surface area (Å²) in [6.45, 7) is 0. The highest BCUT2D eigenvalue weighted by Gasteiger charge is 2.31. The molecule has 2 atom stereocenters. The number of hydrogen-bond donors (Lipinski definition) is 1. The summed E-state index contributed by atoms with van der Waals surface area (Å²) in [7, 11) is 0. The van der Waals surface area contributed by atoms with Gasteiger partial charge in [-0.05, 0) is 36.6 Å². The molecule has 22 heavy (non-hydrogen) atoms. The third-order valence-electron chi connectivity index (χ3n) is 4.14. The zero-order chi connectivity index (χ0) is 15.5. The van der Waals surface area contributed by atoms with Crippen molar-refractivity contribution in [1.29, 1.82) is 0 Å². The fourth-order valence-corrected chi connectivity index (χ4v) is 3.87. The molecule has 0 unspecified atom stereocenters. The maximum Gasteiger partial charge on any atom is 0.254 e. The molecule has 3 rings (SSSR count). The van der Waals surface area contributed by atoms with Crippen molar-refractivity contribution in [2.24, 2.45) is 0 Å². The van der Waals surface area contributed by atoms with Crippen molar-refractivity contribution in [3.8, 4) is 0 Å². The van der Waals surface area contributed by atoms with Crippen LogP contribution in [-0.4, -0.2) is 16.9 Å². The van der Waals surface area contributed by atoms with E-state index >= 15 is 0 Å². The summed E-state index contributed by atoms with van der Waals surface area (Å²) in [6.07, 6.45) is 4.75. The van der Waals surface area contributed by atoms with Crippen LogP contribution in [0.1, 0.15) is 41.1 Å². The van der Waals surface area contributed by atoms with Crippen LogP contribution < -0.4 is 5.32 Å². The molecular weight excluding hydrogens is 364 g/mol. The molecule has 0 radical (unpaired) electrons. The van der Waals surface area contributed by atoms with E-state index in [9.17, 15) is 4.79 Å². The van der Waals surface area contributed by atoms with Crippen molar-refractivity contribution in [3.05, 3.63) is 63.3 Å². The molecule has 3 nitrogen and oxygen atoms in total. The molecule has 114 valence electrons. The van der Waals surface area contributed by atoms with Gasteiger partial charge in [-0.1, -0.05) is 52.2 Å². The van der Waals surface area contributed by atoms with Crippen molar-refractivity contribution >= 4 is 33.4 Å². The summed E-state index contributed by atoms with van der Waals surface area (Å²) in [5, 5.41) is 3.37. The number of nitrogens with zero attached hydrogens (tertiary/aromatic N) is 1. The lowest BCUT2D eigenvalue weighted by molar-refractivity contribution is 0.0934. The number of nitrogens with one attached hydrogen (secondary N) is 1. The number of aromatic nitrogens is 1. The molecule has 0 aliphatic heterocycles. The smallest absolute Gasteiger partial charge is 0.254 e. The number of rotatable bonds is 3. The molecule has 0 saturated heterocycles. The predicted octanol–water partition coefficient (Wildman–Crippen LogP) is 4.56. The van der Waals surface area contributed by atoms with Crippen LogP contribution in [-0.2, 0) is 0 Å². The minimum Gasteiger partial charge on any atom is -0.349 e. The van der Waals surface area contributed by atoms with E-state index in [0.29, 0.717) is 11.5 Å². The van der Waals surface area contributed by atoms with Crippen molar-refractivity contribution < 1.29 is 4.79 Å². The van der Waals surface area contributed by atoms with Crippen LogP contribution in [0.25, 0.3) is 0 Å². The van der Waals surface area contributed by atoms with Gasteiger partial charge in [0.1, 0.15) is 5.15 Å². The van der Waals surface area contributed by atoms with Gasteiger partial charge in [-0.2, -0.15) is 0 Å². The average molecular weight is 380 g/mol. The van der Waals surface area contributed by atoms with E-state index < -0.39 is 0 Å². The molecule has 1 N–H and O–H groups in total. The Balaban J connectivity index is 1.79. The number of amides is 1. The SMILES string of the molecule is O=C(N[C@@H]1CCC[C@H]1c1ccccc1Br)c1cccnc1Cl. The Morgan fingerprint density at radius 1 is 1.23 bits per heavy atom. The minimum absolute atomic E-state index is 0.127. The molecule has 0 bridgehead atoms. The Morgan fingerprint density at radius 2 is 2.05 bits per heavy atom. The Bertz CT molecular complexity index is 692. The Kier molecular flexibility index (Phi) is 4.79. The summed E-state index contributed by atoms with van der Waals surface area (Å²) in [5.74, 6) is 0.178. The van der Waals surface area contributed by atoms with Crippen LogP contribution in [0.3, 0.4) is 0 Å². The van der Waals surface area contributed by atoms with Crippen molar-refractivity contribution in [2.45, 2.75) is 31.2 Å². The maximum absolute atomic E-state index is 12.4. The van der Waals surface area contributed by atoms with Crippen LogP contribution in [0.15, 0.2) is 47.1 Å². The van der Waals surface area contributed by atoms with Gasteiger partial charge in [0.15, 0.2) is 0 Å². The monoisotopic (exact) mass is 378 g/mol. The first-order valence-corrected chi connectivity index (χ1v) is 8.49. The Labute approximate surface area is 143 Å². The van der Waals surface area contributed by atoms with Gasteiger partial charge in [0.25, 0.3) is 5.91 Å². The molecule has 1 amide bonds. The zero-order valence-corrected chi connectivity index (χ0v) is 14.3. The largest absolute Gasteiger partial charge is 0.349 e. The minimum atomic E-state index is -0.151. The van der Waals surface area contributed by atoms with E-state index in [1.165, 1.54) is 5.56 Å². The zero-order valence-electron chi connectivity index (χ0n) is 11.9. The number of halogens is 2. The average Bonchev–Trinajstić information content (AvgIpc) is 2.96. The standard InChI is InChI=1S/C17H16BrClN2O/c18-14-8-2-1-5-11(14)12-6-3-9-15(12)21-17(22)13-7-4-10-20-16(13)19/h1-2,4-5,7-8,10,12,15H,3,6,9H2,(H,21,22)/t12-,15+/m0/s1. The van der Waals surface area contributed by atoms with Crippen LogP contribution in [0.4, 0.5) is 0 Å². The molecular formula is C17H16BrClN2O. The quantitative estimate of drug-likeness (QED) is 0.794. The first-order chi connectivity index (χ1) is 10.7. The van der Waals surface area contributed by atoms with Crippen LogP contribution in [0, 0.1) is 0 Å². The summed E-state index contributed by atoms with van der Waals surface area (Å²) in [6, 6.07) is 11.8. The van der Waals surface area contributed by atoms with Gasteiger partial charge < -0.3 is 5.32 Å². The Hall–Kier alpha value is -1.39. The fourth-order valence-electron chi connectivity index (χ4n) is 3.08. The molecule has 1 aromatic heterocycles. The van der Waals surface area contributed by atoms with Crippen molar-refractivity contribution in [3.63, 3.8) is 0 Å². The molecule has 1 heterocycles. The van der Waals surface area contributed by atoms with E-state index in [-0.39, 0.29) is 17.1 Å². The normalized spacial score (nSPS) is 20.8. The molecule has 1 aliphatic rings. The Morgan fingerprint density at radius 3 is 2.82 bits per heavy atom. The summed E-state index contributed by atoms with van der Waals surface area (Å²) < 4.78 is 1.10. The van der Waals surface area contributed by atoms with Crippen LogP contribution in [0.5, 0.6) is 0 Å². The summed E-state index contributed by atoms with van der Waals surface area (Å²) >= 11 is 9.62. The molecule has 5 heteroatoms. The first-order valence-electron chi connectivity index (χ1n) is 7.32. The van der Waals surface area contributed by atoms with Gasteiger partial charge in [0, 0.05) is 22.6 Å². The van der Waals surface area contributed by atoms with Crippen molar-refractivity contribution in [2.75, 3.05) is 0 Å². The second-order valence-corrected chi connectivity index (χ2v) is 6.69. The molecule has 1 aliphatic carbocycles. The van der Waals surface area contributed by atoms with Crippen LogP contribution in [0.2, 0.25) is 5.15 Å². The van der Waals surface area contributed by atoms with E-state index in [0.717, 1.165) is 23.7 Å². The molecule has 1 saturated carbocycles. The topological polar surface area (TPSA) is 42.0 Å². The van der Waals surface area contributed by atoms with Gasteiger partial charge in [-0.3, -0.25) is 4.79 Å². The number of benzene rings is 1. The highest BCUT2D eigenvalue weighted by molar-refractivity contribution is 9.10. The van der Waals surface area contributed by atoms with E-state index in [1.807, 2.05) is 18.2 Å². The van der Waals surface area contributed by atoms with E-state index in [1.54, 1.807) is 18.3 Å². The fraction of sp³-hybridized carbons (Fsp3) is 0.294. The molecule has 0 spiro atoms. The van der Waals surface area contributed by atoms with Gasteiger partial charge in [0.05, 0.1) is 5.56 Å². The van der Waals surface area contributed by atoms with Crippen LogP contribution >= 0.6 is 27.5 Å². The van der Waals surface area contributed by atoms with Gasteiger partial charge in [-0.15, -0.1) is 0 Å². The summed E-state index contributed by atoms with van der Waals surface area (Å²) in [4.78, 5) is 16.4. The second kappa shape index (κ2) is 6.80. The molecule has 1 fully saturated rings. The van der Waals surface area contributed by atoms with E-state index in [4.69, 9.17) is 11.6 Å². The summed E-state index contributed by atoms with van der Waals surface area (Å²) in [5.41, 5.74) is 1.68. The number of hydrogen-bond acceptors (Lipinski definition) is 2. The van der Waals surface area contributed by atoms with Crippen molar-refractivity contribution in [1.82, 2.24) is 10.3 Å². The lowest BCUT2D eigenvalue weighted by Gasteiger charge is -2.22. The maximum atomic E-state index is 12.4. The van der Waals surface area contributed by atoms with E-state index in [2.05, 4.69) is 32.3 Å². The predicted molar refractivity (Wildman–Crippen MR) is 91.2 cm³/mol. The first kappa shape index (κ1) is 15.5. The number of pyridine rings is 1. The molecule has 1 aromatic carbocycles. The van der Waals surface area contributed by atoms with Gasteiger partial charge in [0.2, 0.25) is 0 Å². The molecule has 2 aromatic rings. The third kappa shape index (κ3) is 3.18. The van der Waals surface area contributed by atoms with Gasteiger partial charge in [-0.25, -0.2) is 4.98 Å². The van der Waals surface area contributed by atoms with Gasteiger partial charge >= 0.3 is 0 Å². The highest BCUT2D eigenvalue weighted by atomic mass is 79.9. The lowest BCUT2D eigenvalue weighted by atomic mass is 9.94. The lowest BCUT2D eigenvalue weighted by Crippen LogP contribution is -2.36.